The number of halogens is 2. The number of aliphatic imine (C=N–C) groups is 1. The Morgan fingerprint density at radius 1 is 1.13 bits per heavy atom. The van der Waals surface area contributed by atoms with Crippen LogP contribution in [0.5, 0.6) is 5.75 Å². The molecule has 0 atom stereocenters. The molecule has 0 N–H and O–H groups in total. The molecule has 0 saturated carbocycles. The highest BCUT2D eigenvalue weighted by Gasteiger charge is 2.30. The summed E-state index contributed by atoms with van der Waals surface area (Å²) in [6, 6.07) is 16.5. The van der Waals surface area contributed by atoms with Crippen LogP contribution in [0.25, 0.3) is 6.08 Å². The van der Waals surface area contributed by atoms with E-state index in [2.05, 4.69) is 36.9 Å². The summed E-state index contributed by atoms with van der Waals surface area (Å²) < 4.78 is 12.2. The van der Waals surface area contributed by atoms with Gasteiger partial charge in [0.15, 0.2) is 5.17 Å². The van der Waals surface area contributed by atoms with E-state index in [1.807, 2.05) is 12.1 Å². The Hall–Kier alpha value is -3.48. The number of nitro benzene ring substituents is 1. The lowest BCUT2D eigenvalue weighted by atomic mass is 10.2. The minimum Gasteiger partial charge on any atom is -0.487 e. The fourth-order valence-corrected chi connectivity index (χ4v) is 5.95. The van der Waals surface area contributed by atoms with Gasteiger partial charge in [0.1, 0.15) is 12.4 Å². The number of thioether (sulfide) groups is 1. The van der Waals surface area contributed by atoms with Crippen molar-refractivity contribution in [3.05, 3.63) is 101 Å². The molecule has 4 rings (SSSR count). The summed E-state index contributed by atoms with van der Waals surface area (Å²) in [6.07, 6.45) is 1.76. The lowest BCUT2D eigenvalue weighted by molar-refractivity contribution is -0.384. The smallest absolute Gasteiger partial charge is 0.338 e. The molecule has 0 aromatic heterocycles. The maximum Gasteiger partial charge on any atom is 0.338 e. The second-order valence-corrected chi connectivity index (χ2v) is 10.9. The molecule has 1 fully saturated rings. The van der Waals surface area contributed by atoms with Crippen molar-refractivity contribution in [3.8, 4) is 5.75 Å². The quantitative estimate of drug-likeness (QED) is 0.108. The second kappa shape index (κ2) is 12.6. The number of esters is 1. The van der Waals surface area contributed by atoms with E-state index in [0.717, 1.165) is 5.56 Å². The van der Waals surface area contributed by atoms with Gasteiger partial charge in [-0.3, -0.25) is 19.8 Å². The van der Waals surface area contributed by atoms with Crippen LogP contribution in [-0.4, -0.2) is 40.5 Å². The van der Waals surface area contributed by atoms with Crippen molar-refractivity contribution in [1.82, 2.24) is 4.90 Å². The van der Waals surface area contributed by atoms with Gasteiger partial charge < -0.3 is 9.47 Å². The van der Waals surface area contributed by atoms with Crippen molar-refractivity contribution in [2.75, 3.05) is 13.7 Å². The number of hydrogen-bond acceptors (Lipinski definition) is 8. The maximum absolute atomic E-state index is 12.9. The molecule has 1 saturated heterocycles. The molecule has 1 aliphatic rings. The molecule has 3 aromatic carbocycles. The van der Waals surface area contributed by atoms with Crippen molar-refractivity contribution < 1.29 is 24.0 Å². The molecule has 12 heteroatoms. The van der Waals surface area contributed by atoms with Gasteiger partial charge in [0.25, 0.3) is 11.6 Å². The minimum atomic E-state index is -0.449. The summed E-state index contributed by atoms with van der Waals surface area (Å²) in [4.78, 5) is 41.8. The summed E-state index contributed by atoms with van der Waals surface area (Å²) in [5.41, 5.74) is 2.44. The summed E-state index contributed by atoms with van der Waals surface area (Å²) in [6.45, 7) is 2.18. The molecule has 200 valence electrons. The number of amidine groups is 1. The first kappa shape index (κ1) is 28.5. The largest absolute Gasteiger partial charge is 0.487 e. The molecule has 3 aromatic rings. The van der Waals surface area contributed by atoms with Gasteiger partial charge in [0, 0.05) is 19.2 Å². The van der Waals surface area contributed by atoms with Gasteiger partial charge in [-0.1, -0.05) is 12.1 Å². The van der Waals surface area contributed by atoms with Crippen molar-refractivity contribution in [2.24, 2.45) is 4.99 Å². The molecule has 0 aliphatic carbocycles. The lowest BCUT2D eigenvalue weighted by Crippen LogP contribution is -2.23. The predicted octanol–water partition coefficient (Wildman–Crippen LogP) is 7.11. The first-order chi connectivity index (χ1) is 18.7. The average Bonchev–Trinajstić information content (AvgIpc) is 3.16. The highest BCUT2D eigenvalue weighted by Crippen LogP contribution is 2.38. The molecule has 9 nitrogen and oxygen atoms in total. The molecule has 1 amide bonds. The van der Waals surface area contributed by atoms with Crippen molar-refractivity contribution >= 4 is 78.1 Å². The van der Waals surface area contributed by atoms with Crippen LogP contribution < -0.4 is 4.74 Å². The van der Waals surface area contributed by atoms with Gasteiger partial charge in [-0.25, -0.2) is 9.79 Å². The van der Waals surface area contributed by atoms with Crippen LogP contribution in [0.15, 0.2) is 79.5 Å². The molecular weight excluding hydrogens is 654 g/mol. The third kappa shape index (κ3) is 6.94. The molecule has 0 radical (unpaired) electrons. The SMILES string of the molecule is CCOC(=O)c1ccc(N=C2SC(=Cc3cc(Br)c(OCc4cccc([N+](=O)[O-])c4)c(Br)c3)C(=O)N2C)cc1. The zero-order valence-electron chi connectivity index (χ0n) is 20.7. The first-order valence-corrected chi connectivity index (χ1v) is 13.9. The summed E-state index contributed by atoms with van der Waals surface area (Å²) in [7, 11) is 1.65. The highest BCUT2D eigenvalue weighted by atomic mass is 79.9. The van der Waals surface area contributed by atoms with Crippen LogP contribution >= 0.6 is 43.6 Å². The van der Waals surface area contributed by atoms with E-state index in [4.69, 9.17) is 9.47 Å². The van der Waals surface area contributed by atoms with E-state index in [0.29, 0.717) is 48.2 Å². The standard InChI is InChI=1S/C27H21Br2N3O6S/c1-3-37-26(34)18-7-9-19(10-8-18)30-27-31(2)25(33)23(39-27)14-17-12-21(28)24(22(29)13-17)38-15-16-5-4-6-20(11-16)32(35)36/h4-14H,3,15H2,1-2H3. The normalized spacial score (nSPS) is 15.2. The maximum atomic E-state index is 12.9. The number of benzene rings is 3. The number of hydrogen-bond donors (Lipinski definition) is 0. The lowest BCUT2D eigenvalue weighted by Gasteiger charge is -2.11. The van der Waals surface area contributed by atoms with Crippen molar-refractivity contribution in [2.45, 2.75) is 13.5 Å². The number of non-ortho nitro benzene ring substituents is 1. The number of carbonyl (C=O) groups excluding carboxylic acids is 2. The number of nitro groups is 1. The van der Waals surface area contributed by atoms with Crippen LogP contribution in [0.1, 0.15) is 28.4 Å². The zero-order chi connectivity index (χ0) is 28.1. The van der Waals surface area contributed by atoms with Gasteiger partial charge in [-0.15, -0.1) is 0 Å². The second-order valence-electron chi connectivity index (χ2n) is 8.17. The Labute approximate surface area is 245 Å². The van der Waals surface area contributed by atoms with E-state index in [1.165, 1.54) is 28.8 Å². The van der Waals surface area contributed by atoms with E-state index in [-0.39, 0.29) is 18.2 Å². The fourth-order valence-electron chi connectivity index (χ4n) is 3.52. The third-order valence-corrected chi connectivity index (χ3v) is 7.67. The van der Waals surface area contributed by atoms with Crippen LogP contribution in [0.4, 0.5) is 11.4 Å². The summed E-state index contributed by atoms with van der Waals surface area (Å²) >= 11 is 8.27. The topological polar surface area (TPSA) is 111 Å². The Balaban J connectivity index is 1.49. The van der Waals surface area contributed by atoms with Gasteiger partial charge in [-0.05, 0) is 104 Å². The number of nitrogens with zero attached hydrogens (tertiary/aromatic N) is 3. The van der Waals surface area contributed by atoms with E-state index >= 15 is 0 Å². The van der Waals surface area contributed by atoms with Crippen LogP contribution in [-0.2, 0) is 16.1 Å². The van der Waals surface area contributed by atoms with E-state index < -0.39 is 10.9 Å². The Bertz CT molecular complexity index is 1480. The summed E-state index contributed by atoms with van der Waals surface area (Å²) in [5, 5.41) is 11.5. The molecule has 0 spiro atoms. The first-order valence-electron chi connectivity index (χ1n) is 11.5. The molecule has 1 aliphatic heterocycles. The van der Waals surface area contributed by atoms with Crippen molar-refractivity contribution in [3.63, 3.8) is 0 Å². The van der Waals surface area contributed by atoms with Gasteiger partial charge >= 0.3 is 5.97 Å². The highest BCUT2D eigenvalue weighted by molar-refractivity contribution is 9.11. The van der Waals surface area contributed by atoms with Crippen LogP contribution in [0.2, 0.25) is 0 Å². The molecular formula is C27H21Br2N3O6S. The Morgan fingerprint density at radius 2 is 1.82 bits per heavy atom. The Morgan fingerprint density at radius 3 is 2.46 bits per heavy atom. The van der Waals surface area contributed by atoms with Gasteiger partial charge in [-0.2, -0.15) is 0 Å². The van der Waals surface area contributed by atoms with Gasteiger partial charge in [0.05, 0.1) is 36.6 Å². The van der Waals surface area contributed by atoms with Gasteiger partial charge in [0.2, 0.25) is 0 Å². The molecule has 0 bridgehead atoms. The Kier molecular flexibility index (Phi) is 9.20. The van der Waals surface area contributed by atoms with E-state index in [9.17, 15) is 19.7 Å². The number of carbonyl (C=O) groups is 2. The fraction of sp³-hybridized carbons (Fsp3) is 0.148. The predicted molar refractivity (Wildman–Crippen MR) is 157 cm³/mol. The van der Waals surface area contributed by atoms with Crippen molar-refractivity contribution in [1.29, 1.82) is 0 Å². The number of likely N-dealkylation sites (N-methyl/N-ethyl adjacent to an activating group) is 1. The number of rotatable bonds is 8. The number of amides is 1. The summed E-state index contributed by atoms with van der Waals surface area (Å²) in [5.74, 6) is -0.0675. The molecule has 39 heavy (non-hydrogen) atoms. The molecule has 1 heterocycles. The monoisotopic (exact) mass is 673 g/mol. The number of ether oxygens (including phenoxy) is 2. The zero-order valence-corrected chi connectivity index (χ0v) is 24.7. The minimum absolute atomic E-state index is 0.00324. The molecule has 0 unspecified atom stereocenters. The average molecular weight is 675 g/mol. The van der Waals surface area contributed by atoms with E-state index in [1.54, 1.807) is 56.4 Å². The van der Waals surface area contributed by atoms with Crippen LogP contribution in [0.3, 0.4) is 0 Å². The van der Waals surface area contributed by atoms with Crippen LogP contribution in [0, 0.1) is 10.1 Å². The third-order valence-electron chi connectivity index (χ3n) is 5.43.